The minimum Gasteiger partial charge on any atom is -0.397 e. The molecule has 1 amide bonds. The molecule has 112 valence electrons. The van der Waals surface area contributed by atoms with E-state index in [0.717, 1.165) is 29.7 Å². The molecular formula is C16H21N3OS. The third-order valence-corrected chi connectivity index (χ3v) is 5.13. The second-order valence-electron chi connectivity index (χ2n) is 5.72. The number of amides is 1. The van der Waals surface area contributed by atoms with Crippen molar-refractivity contribution in [1.82, 2.24) is 10.2 Å². The highest BCUT2D eigenvalue weighted by atomic mass is 32.1. The average Bonchev–Trinajstić information content (AvgIpc) is 3.07. The lowest BCUT2D eigenvalue weighted by Crippen LogP contribution is -2.41. The molecule has 5 heteroatoms. The molecule has 1 unspecified atom stereocenters. The van der Waals surface area contributed by atoms with E-state index >= 15 is 0 Å². The summed E-state index contributed by atoms with van der Waals surface area (Å²) >= 11 is 1.47. The minimum atomic E-state index is -0.0552. The van der Waals surface area contributed by atoms with Crippen LogP contribution in [-0.4, -0.2) is 36.5 Å². The number of benzene rings is 1. The highest BCUT2D eigenvalue weighted by Crippen LogP contribution is 2.33. The highest BCUT2D eigenvalue weighted by Gasteiger charge is 2.20. The van der Waals surface area contributed by atoms with Gasteiger partial charge in [0.05, 0.1) is 5.69 Å². The number of nitrogen functional groups attached to an aromatic ring is 1. The Morgan fingerprint density at radius 2 is 2.10 bits per heavy atom. The van der Waals surface area contributed by atoms with Crippen LogP contribution in [0.15, 0.2) is 24.3 Å². The van der Waals surface area contributed by atoms with Crippen LogP contribution in [0.25, 0.3) is 10.1 Å². The fourth-order valence-electron chi connectivity index (χ4n) is 2.92. The Bertz CT molecular complexity index is 646. The molecule has 0 saturated carbocycles. The molecule has 1 atom stereocenters. The number of carbonyl (C=O) groups excluding carboxylic acids is 1. The van der Waals surface area contributed by atoms with Crippen molar-refractivity contribution in [2.45, 2.75) is 25.8 Å². The highest BCUT2D eigenvalue weighted by molar-refractivity contribution is 7.21. The molecular weight excluding hydrogens is 282 g/mol. The van der Waals surface area contributed by atoms with Crippen LogP contribution in [0.1, 0.15) is 29.4 Å². The number of hydrogen-bond acceptors (Lipinski definition) is 4. The first-order valence-corrected chi connectivity index (χ1v) is 8.27. The van der Waals surface area contributed by atoms with Gasteiger partial charge in [0.15, 0.2) is 0 Å². The normalized spacial score (nSPS) is 17.2. The molecule has 0 spiro atoms. The van der Waals surface area contributed by atoms with Gasteiger partial charge in [0.1, 0.15) is 4.88 Å². The lowest BCUT2D eigenvalue weighted by atomic mass is 10.2. The van der Waals surface area contributed by atoms with Crippen molar-refractivity contribution < 1.29 is 4.79 Å². The summed E-state index contributed by atoms with van der Waals surface area (Å²) in [6, 6.07) is 8.02. The first kappa shape index (κ1) is 14.4. The summed E-state index contributed by atoms with van der Waals surface area (Å²) in [7, 11) is 0. The number of hydrogen-bond donors (Lipinski definition) is 2. The number of nitrogens with one attached hydrogen (secondary N) is 1. The van der Waals surface area contributed by atoms with Crippen LogP contribution in [-0.2, 0) is 0 Å². The Kier molecular flexibility index (Phi) is 4.12. The smallest absolute Gasteiger partial charge is 0.263 e. The van der Waals surface area contributed by atoms with Crippen molar-refractivity contribution in [2.24, 2.45) is 0 Å². The summed E-state index contributed by atoms with van der Waals surface area (Å²) < 4.78 is 1.06. The molecule has 2 aromatic rings. The summed E-state index contributed by atoms with van der Waals surface area (Å²) in [6.07, 6.45) is 2.54. The monoisotopic (exact) mass is 303 g/mol. The van der Waals surface area contributed by atoms with Gasteiger partial charge in [-0.25, -0.2) is 0 Å². The van der Waals surface area contributed by atoms with E-state index in [1.165, 1.54) is 24.2 Å². The maximum Gasteiger partial charge on any atom is 0.263 e. The van der Waals surface area contributed by atoms with Gasteiger partial charge < -0.3 is 16.0 Å². The van der Waals surface area contributed by atoms with Gasteiger partial charge in [-0.2, -0.15) is 0 Å². The zero-order chi connectivity index (χ0) is 14.8. The van der Waals surface area contributed by atoms with E-state index in [0.29, 0.717) is 10.6 Å². The fourth-order valence-corrected chi connectivity index (χ4v) is 3.95. The molecule has 0 radical (unpaired) electrons. The standard InChI is InChI=1S/C16H21N3OS/c1-11(10-19-8-4-5-9-19)18-16(20)15-14(17)12-6-2-3-7-13(12)21-15/h2-3,6-7,11H,4-5,8-10,17H2,1H3,(H,18,20). The summed E-state index contributed by atoms with van der Waals surface area (Å²) in [4.78, 5) is 15.5. The van der Waals surface area contributed by atoms with Crippen LogP contribution >= 0.6 is 11.3 Å². The Hall–Kier alpha value is -1.59. The molecule has 1 aliphatic heterocycles. The van der Waals surface area contributed by atoms with Crippen molar-refractivity contribution in [2.75, 3.05) is 25.4 Å². The molecule has 1 aromatic heterocycles. The number of anilines is 1. The Morgan fingerprint density at radius 1 is 1.38 bits per heavy atom. The van der Waals surface area contributed by atoms with E-state index in [4.69, 9.17) is 5.73 Å². The topological polar surface area (TPSA) is 58.4 Å². The zero-order valence-corrected chi connectivity index (χ0v) is 13.1. The Balaban J connectivity index is 1.70. The molecule has 1 saturated heterocycles. The van der Waals surface area contributed by atoms with Crippen LogP contribution in [0.4, 0.5) is 5.69 Å². The summed E-state index contributed by atoms with van der Waals surface area (Å²) in [5, 5.41) is 4.05. The van der Waals surface area contributed by atoms with Crippen LogP contribution in [0.5, 0.6) is 0 Å². The second kappa shape index (κ2) is 6.03. The lowest BCUT2D eigenvalue weighted by molar-refractivity contribution is 0.0937. The maximum absolute atomic E-state index is 12.4. The molecule has 1 aliphatic rings. The zero-order valence-electron chi connectivity index (χ0n) is 12.3. The maximum atomic E-state index is 12.4. The molecule has 0 bridgehead atoms. The van der Waals surface area contributed by atoms with E-state index in [-0.39, 0.29) is 11.9 Å². The Morgan fingerprint density at radius 3 is 2.81 bits per heavy atom. The van der Waals surface area contributed by atoms with E-state index < -0.39 is 0 Å². The number of likely N-dealkylation sites (tertiary alicyclic amines) is 1. The van der Waals surface area contributed by atoms with Crippen molar-refractivity contribution in [1.29, 1.82) is 0 Å². The van der Waals surface area contributed by atoms with Gasteiger partial charge in [0, 0.05) is 22.7 Å². The van der Waals surface area contributed by atoms with E-state index in [2.05, 4.69) is 17.1 Å². The third-order valence-electron chi connectivity index (χ3n) is 3.95. The predicted molar refractivity (Wildman–Crippen MR) is 88.8 cm³/mol. The third kappa shape index (κ3) is 3.04. The minimum absolute atomic E-state index is 0.0552. The van der Waals surface area contributed by atoms with E-state index in [1.54, 1.807) is 0 Å². The predicted octanol–water partition coefficient (Wildman–Crippen LogP) is 2.70. The quantitative estimate of drug-likeness (QED) is 0.913. The van der Waals surface area contributed by atoms with E-state index in [9.17, 15) is 4.79 Å². The van der Waals surface area contributed by atoms with Crippen LogP contribution in [0.2, 0.25) is 0 Å². The molecule has 0 aliphatic carbocycles. The summed E-state index contributed by atoms with van der Waals surface area (Å²) in [5.74, 6) is -0.0552. The second-order valence-corrected chi connectivity index (χ2v) is 6.78. The van der Waals surface area contributed by atoms with Gasteiger partial charge in [0.25, 0.3) is 5.91 Å². The number of fused-ring (bicyclic) bond motifs is 1. The number of thiophene rings is 1. The summed E-state index contributed by atoms with van der Waals surface area (Å²) in [5.41, 5.74) is 6.72. The van der Waals surface area contributed by atoms with Crippen molar-refractivity contribution in [3.8, 4) is 0 Å². The number of nitrogens with zero attached hydrogens (tertiary/aromatic N) is 1. The van der Waals surface area contributed by atoms with Gasteiger partial charge in [-0.15, -0.1) is 11.3 Å². The van der Waals surface area contributed by atoms with Gasteiger partial charge in [-0.05, 0) is 38.9 Å². The van der Waals surface area contributed by atoms with Crippen molar-refractivity contribution in [3.05, 3.63) is 29.1 Å². The molecule has 1 fully saturated rings. The van der Waals surface area contributed by atoms with Crippen LogP contribution in [0, 0.1) is 0 Å². The number of rotatable bonds is 4. The molecule has 21 heavy (non-hydrogen) atoms. The van der Waals surface area contributed by atoms with E-state index in [1.807, 2.05) is 24.3 Å². The summed E-state index contributed by atoms with van der Waals surface area (Å²) in [6.45, 7) is 5.26. The van der Waals surface area contributed by atoms with Gasteiger partial charge >= 0.3 is 0 Å². The Labute approximate surface area is 128 Å². The van der Waals surface area contributed by atoms with Gasteiger partial charge in [-0.1, -0.05) is 18.2 Å². The molecule has 1 aromatic carbocycles. The molecule has 3 N–H and O–H groups in total. The number of carbonyl (C=O) groups is 1. The number of nitrogens with two attached hydrogens (primary N) is 1. The molecule has 4 nitrogen and oxygen atoms in total. The van der Waals surface area contributed by atoms with Gasteiger partial charge in [0.2, 0.25) is 0 Å². The van der Waals surface area contributed by atoms with Gasteiger partial charge in [-0.3, -0.25) is 4.79 Å². The SMILES string of the molecule is CC(CN1CCCC1)NC(=O)c1sc2ccccc2c1N. The van der Waals surface area contributed by atoms with Crippen molar-refractivity contribution >= 4 is 33.0 Å². The largest absolute Gasteiger partial charge is 0.397 e. The van der Waals surface area contributed by atoms with Crippen molar-refractivity contribution in [3.63, 3.8) is 0 Å². The van der Waals surface area contributed by atoms with Crippen LogP contribution < -0.4 is 11.1 Å². The van der Waals surface area contributed by atoms with Crippen LogP contribution in [0.3, 0.4) is 0 Å². The fraction of sp³-hybridized carbons (Fsp3) is 0.438. The molecule has 2 heterocycles. The molecule has 3 rings (SSSR count). The lowest BCUT2D eigenvalue weighted by Gasteiger charge is -2.21. The first-order valence-electron chi connectivity index (χ1n) is 7.45. The average molecular weight is 303 g/mol. The first-order chi connectivity index (χ1) is 10.1.